The third-order valence-electron chi connectivity index (χ3n) is 9.14. The van der Waals surface area contributed by atoms with E-state index < -0.39 is 0 Å². The minimum absolute atomic E-state index is 0.0838. The second-order valence-corrected chi connectivity index (χ2v) is 11.6. The number of piperidine rings is 1. The van der Waals surface area contributed by atoms with Gasteiger partial charge in [0, 0.05) is 74.7 Å². The number of anilines is 2. The van der Waals surface area contributed by atoms with Crippen molar-refractivity contribution in [2.45, 2.75) is 63.8 Å². The van der Waals surface area contributed by atoms with E-state index in [0.717, 1.165) is 88.2 Å². The normalized spacial score (nSPS) is 24.1. The molecule has 204 valence electrons. The van der Waals surface area contributed by atoms with Crippen LogP contribution in [0.15, 0.2) is 36.5 Å². The summed E-state index contributed by atoms with van der Waals surface area (Å²) in [7, 11) is 0. The van der Waals surface area contributed by atoms with Crippen molar-refractivity contribution in [1.82, 2.24) is 15.2 Å². The Hall–Kier alpha value is -2.80. The zero-order chi connectivity index (χ0) is 25.7. The summed E-state index contributed by atoms with van der Waals surface area (Å²) in [5.74, 6) is 2.91. The second-order valence-electron chi connectivity index (χ2n) is 11.6. The van der Waals surface area contributed by atoms with E-state index in [1.54, 1.807) is 0 Å². The Balaban J connectivity index is 0.898. The molecule has 1 amide bonds. The molecule has 2 saturated heterocycles. The van der Waals surface area contributed by atoms with Crippen molar-refractivity contribution in [3.63, 3.8) is 0 Å². The SMILES string of the molecule is O=C(NC1CCC(CCN2CCN(c3nccc4c3OCC4)CC2)CC1)c1ccc(N2CCCCC2)cc1. The van der Waals surface area contributed by atoms with Crippen LogP contribution in [0.25, 0.3) is 0 Å². The number of nitrogens with zero attached hydrogens (tertiary/aromatic N) is 4. The highest BCUT2D eigenvalue weighted by Crippen LogP contribution is 2.34. The Morgan fingerprint density at radius 1 is 0.895 bits per heavy atom. The zero-order valence-corrected chi connectivity index (χ0v) is 22.7. The van der Waals surface area contributed by atoms with E-state index in [9.17, 15) is 4.79 Å². The summed E-state index contributed by atoms with van der Waals surface area (Å²) in [5, 5.41) is 3.31. The first-order valence-electron chi connectivity index (χ1n) is 15.0. The Bertz CT molecular complexity index is 1070. The van der Waals surface area contributed by atoms with E-state index in [0.29, 0.717) is 6.04 Å². The minimum atomic E-state index is 0.0838. The lowest BCUT2D eigenvalue weighted by molar-refractivity contribution is 0.0919. The van der Waals surface area contributed by atoms with Crippen molar-refractivity contribution in [3.8, 4) is 5.75 Å². The lowest BCUT2D eigenvalue weighted by Crippen LogP contribution is -2.47. The summed E-state index contributed by atoms with van der Waals surface area (Å²) >= 11 is 0. The number of piperazine rings is 1. The van der Waals surface area contributed by atoms with E-state index in [-0.39, 0.29) is 5.91 Å². The van der Waals surface area contributed by atoms with Gasteiger partial charge in [0.05, 0.1) is 6.61 Å². The first kappa shape index (κ1) is 25.5. The number of aromatic nitrogens is 1. The lowest BCUT2D eigenvalue weighted by Gasteiger charge is -2.37. The number of ether oxygens (including phenoxy) is 1. The average molecular weight is 518 g/mol. The molecule has 38 heavy (non-hydrogen) atoms. The van der Waals surface area contributed by atoms with Gasteiger partial charge in [-0.15, -0.1) is 0 Å². The van der Waals surface area contributed by atoms with Crippen LogP contribution in [-0.2, 0) is 6.42 Å². The fourth-order valence-electron chi connectivity index (χ4n) is 6.71. The first-order valence-corrected chi connectivity index (χ1v) is 15.0. The monoisotopic (exact) mass is 517 g/mol. The molecule has 0 atom stereocenters. The van der Waals surface area contributed by atoms with E-state index in [1.165, 1.54) is 56.3 Å². The topological polar surface area (TPSA) is 60.9 Å². The summed E-state index contributed by atoms with van der Waals surface area (Å²) in [4.78, 5) is 24.9. The average Bonchev–Trinajstić information content (AvgIpc) is 3.47. The van der Waals surface area contributed by atoms with Gasteiger partial charge >= 0.3 is 0 Å². The third kappa shape index (κ3) is 5.93. The van der Waals surface area contributed by atoms with E-state index >= 15 is 0 Å². The van der Waals surface area contributed by atoms with Gasteiger partial charge in [-0.3, -0.25) is 9.69 Å². The highest BCUT2D eigenvalue weighted by Gasteiger charge is 2.27. The Morgan fingerprint density at radius 3 is 2.42 bits per heavy atom. The molecule has 4 heterocycles. The van der Waals surface area contributed by atoms with Crippen molar-refractivity contribution in [3.05, 3.63) is 47.7 Å². The molecule has 1 N–H and O–H groups in total. The van der Waals surface area contributed by atoms with Gasteiger partial charge in [-0.1, -0.05) is 0 Å². The van der Waals surface area contributed by atoms with Crippen LogP contribution in [0, 0.1) is 5.92 Å². The number of hydrogen-bond acceptors (Lipinski definition) is 6. The molecule has 4 aliphatic rings. The lowest BCUT2D eigenvalue weighted by atomic mass is 9.84. The van der Waals surface area contributed by atoms with Crippen molar-refractivity contribution in [1.29, 1.82) is 0 Å². The molecule has 1 aliphatic carbocycles. The van der Waals surface area contributed by atoms with Gasteiger partial charge in [0.25, 0.3) is 5.91 Å². The van der Waals surface area contributed by atoms with E-state index in [2.05, 4.69) is 43.2 Å². The molecule has 3 fully saturated rings. The molecule has 1 aromatic heterocycles. The fraction of sp³-hybridized carbons (Fsp3) is 0.613. The third-order valence-corrected chi connectivity index (χ3v) is 9.14. The van der Waals surface area contributed by atoms with E-state index in [1.807, 2.05) is 18.3 Å². The first-order chi connectivity index (χ1) is 18.7. The van der Waals surface area contributed by atoms with Crippen LogP contribution < -0.4 is 19.9 Å². The van der Waals surface area contributed by atoms with Crippen LogP contribution in [0.3, 0.4) is 0 Å². The number of hydrogen-bond donors (Lipinski definition) is 1. The van der Waals surface area contributed by atoms with Crippen LogP contribution >= 0.6 is 0 Å². The molecule has 0 spiro atoms. The van der Waals surface area contributed by atoms with Gasteiger partial charge < -0.3 is 19.9 Å². The van der Waals surface area contributed by atoms with Gasteiger partial charge in [-0.2, -0.15) is 0 Å². The highest BCUT2D eigenvalue weighted by molar-refractivity contribution is 5.94. The summed E-state index contributed by atoms with van der Waals surface area (Å²) in [5.41, 5.74) is 3.33. The van der Waals surface area contributed by atoms with Crippen LogP contribution in [0.1, 0.15) is 67.3 Å². The Labute approximate surface area is 227 Å². The molecule has 1 saturated carbocycles. The summed E-state index contributed by atoms with van der Waals surface area (Å²) in [6.07, 6.45) is 12.7. The molecule has 0 unspecified atom stereocenters. The van der Waals surface area contributed by atoms with Crippen LogP contribution in [0.4, 0.5) is 11.5 Å². The molecular formula is C31H43N5O2. The molecule has 0 bridgehead atoms. The Kier molecular flexibility index (Phi) is 8.00. The fourth-order valence-corrected chi connectivity index (χ4v) is 6.71. The summed E-state index contributed by atoms with van der Waals surface area (Å²) in [6, 6.07) is 10.6. The molecule has 2 aromatic rings. The van der Waals surface area contributed by atoms with Gasteiger partial charge in [0.15, 0.2) is 11.6 Å². The zero-order valence-electron chi connectivity index (χ0n) is 22.7. The maximum absolute atomic E-state index is 12.9. The number of carbonyl (C=O) groups excluding carboxylic acids is 1. The van der Waals surface area contributed by atoms with Crippen molar-refractivity contribution in [2.24, 2.45) is 5.92 Å². The number of amides is 1. The number of nitrogens with one attached hydrogen (secondary N) is 1. The molecule has 6 rings (SSSR count). The number of rotatable bonds is 7. The second kappa shape index (κ2) is 11.9. The quantitative estimate of drug-likeness (QED) is 0.583. The van der Waals surface area contributed by atoms with Crippen LogP contribution in [0.5, 0.6) is 5.75 Å². The van der Waals surface area contributed by atoms with Gasteiger partial charge in [0.1, 0.15) is 0 Å². The standard InChI is InChI=1S/C31H43N5O2/c37-31(26-6-10-28(11-7-26)35-16-2-1-3-17-35)33-27-8-4-24(5-9-27)13-18-34-19-21-36(22-20-34)30-29-25(12-15-32-30)14-23-38-29/h6-7,10-12,15,24,27H,1-5,8-9,13-14,16-23H2,(H,33,37). The predicted molar refractivity (Wildman–Crippen MR) is 152 cm³/mol. The van der Waals surface area contributed by atoms with Gasteiger partial charge in [-0.25, -0.2) is 4.98 Å². The van der Waals surface area contributed by atoms with Crippen molar-refractivity contribution >= 4 is 17.4 Å². The molecule has 7 heteroatoms. The maximum atomic E-state index is 12.9. The van der Waals surface area contributed by atoms with E-state index in [4.69, 9.17) is 4.74 Å². The molecule has 7 nitrogen and oxygen atoms in total. The smallest absolute Gasteiger partial charge is 0.251 e. The number of pyridine rings is 1. The molecule has 3 aliphatic heterocycles. The van der Waals surface area contributed by atoms with Crippen LogP contribution in [0.2, 0.25) is 0 Å². The molecular weight excluding hydrogens is 474 g/mol. The highest BCUT2D eigenvalue weighted by atomic mass is 16.5. The number of fused-ring (bicyclic) bond motifs is 1. The predicted octanol–water partition coefficient (Wildman–Crippen LogP) is 4.51. The number of carbonyl (C=O) groups is 1. The van der Waals surface area contributed by atoms with Gasteiger partial charge in [-0.05, 0) is 94.2 Å². The van der Waals surface area contributed by atoms with Crippen molar-refractivity contribution in [2.75, 3.05) is 62.2 Å². The Morgan fingerprint density at radius 2 is 1.66 bits per heavy atom. The largest absolute Gasteiger partial charge is 0.489 e. The molecule has 0 radical (unpaired) electrons. The maximum Gasteiger partial charge on any atom is 0.251 e. The van der Waals surface area contributed by atoms with Crippen LogP contribution in [-0.4, -0.2) is 74.3 Å². The van der Waals surface area contributed by atoms with Crippen molar-refractivity contribution < 1.29 is 9.53 Å². The van der Waals surface area contributed by atoms with Gasteiger partial charge in [0.2, 0.25) is 0 Å². The molecule has 1 aromatic carbocycles. The summed E-state index contributed by atoms with van der Waals surface area (Å²) < 4.78 is 5.88. The summed E-state index contributed by atoms with van der Waals surface area (Å²) in [6.45, 7) is 8.44. The number of benzene rings is 1. The minimum Gasteiger partial charge on any atom is -0.489 e.